The Morgan fingerprint density at radius 2 is 2.05 bits per heavy atom. The third-order valence-electron chi connectivity index (χ3n) is 2.70. The van der Waals surface area contributed by atoms with Crippen LogP contribution < -0.4 is 5.32 Å². The molecule has 100 valence electrons. The summed E-state index contributed by atoms with van der Waals surface area (Å²) in [5.41, 5.74) is 1.09. The molecule has 5 heteroatoms. The molecule has 0 saturated heterocycles. The lowest BCUT2D eigenvalue weighted by Crippen LogP contribution is -2.38. The molecule has 2 rings (SSSR count). The highest BCUT2D eigenvalue weighted by atomic mass is 79.9. The Hall–Kier alpha value is -1.17. The minimum Gasteiger partial charge on any atom is -0.394 e. The fourth-order valence-corrected chi connectivity index (χ4v) is 3.22. The zero-order chi connectivity index (χ0) is 13.7. The van der Waals surface area contributed by atoms with Crippen molar-refractivity contribution in [1.29, 1.82) is 0 Å². The summed E-state index contributed by atoms with van der Waals surface area (Å²) in [6.45, 7) is -0.0797. The van der Waals surface area contributed by atoms with E-state index in [1.54, 1.807) is 0 Å². The van der Waals surface area contributed by atoms with Gasteiger partial charge in [-0.3, -0.25) is 4.79 Å². The van der Waals surface area contributed by atoms with Crippen molar-refractivity contribution in [3.05, 3.63) is 56.7 Å². The number of carbonyl (C=O) groups is 1. The van der Waals surface area contributed by atoms with E-state index in [9.17, 15) is 9.90 Å². The van der Waals surface area contributed by atoms with Crippen molar-refractivity contribution in [2.45, 2.75) is 12.5 Å². The van der Waals surface area contributed by atoms with E-state index in [0.29, 0.717) is 11.3 Å². The lowest BCUT2D eigenvalue weighted by atomic mass is 10.1. The number of amides is 1. The van der Waals surface area contributed by atoms with Gasteiger partial charge in [-0.05, 0) is 39.4 Å². The van der Waals surface area contributed by atoms with Crippen LogP contribution in [0.4, 0.5) is 0 Å². The molecule has 1 heterocycles. The highest BCUT2D eigenvalue weighted by Gasteiger charge is 2.16. The fraction of sp³-hybridized carbons (Fsp3) is 0.214. The SMILES string of the molecule is O=C(NC(CO)Cc1ccccc1)c1sccc1Br. The molecule has 0 spiro atoms. The largest absolute Gasteiger partial charge is 0.394 e. The Labute approximate surface area is 124 Å². The van der Waals surface area contributed by atoms with Gasteiger partial charge in [0, 0.05) is 4.47 Å². The lowest BCUT2D eigenvalue weighted by Gasteiger charge is -2.16. The van der Waals surface area contributed by atoms with Crippen molar-refractivity contribution >= 4 is 33.2 Å². The van der Waals surface area contributed by atoms with E-state index < -0.39 is 0 Å². The second kappa shape index (κ2) is 6.84. The van der Waals surface area contributed by atoms with E-state index in [1.807, 2.05) is 41.8 Å². The molecule has 0 saturated carbocycles. The molecule has 0 aliphatic rings. The van der Waals surface area contributed by atoms with Gasteiger partial charge in [0.25, 0.3) is 5.91 Å². The Balaban J connectivity index is 2.00. The molecular weight excluding hydrogens is 326 g/mol. The first-order valence-electron chi connectivity index (χ1n) is 5.89. The van der Waals surface area contributed by atoms with Gasteiger partial charge in [-0.15, -0.1) is 11.3 Å². The minimum atomic E-state index is -0.274. The second-order valence-electron chi connectivity index (χ2n) is 4.14. The molecule has 1 aromatic carbocycles. The van der Waals surface area contributed by atoms with Crippen LogP contribution in [-0.2, 0) is 6.42 Å². The highest BCUT2D eigenvalue weighted by Crippen LogP contribution is 2.22. The predicted molar refractivity (Wildman–Crippen MR) is 80.5 cm³/mol. The van der Waals surface area contributed by atoms with Gasteiger partial charge in [-0.1, -0.05) is 30.3 Å². The number of benzene rings is 1. The zero-order valence-electron chi connectivity index (χ0n) is 10.2. The number of halogens is 1. The van der Waals surface area contributed by atoms with Crippen molar-refractivity contribution in [1.82, 2.24) is 5.32 Å². The molecule has 0 fully saturated rings. The molecule has 0 aliphatic carbocycles. The number of nitrogens with one attached hydrogen (secondary N) is 1. The van der Waals surface area contributed by atoms with Crippen LogP contribution in [0, 0.1) is 0 Å². The van der Waals surface area contributed by atoms with E-state index in [4.69, 9.17) is 0 Å². The monoisotopic (exact) mass is 339 g/mol. The van der Waals surface area contributed by atoms with Crippen molar-refractivity contribution < 1.29 is 9.90 Å². The Morgan fingerprint density at radius 1 is 1.32 bits per heavy atom. The quantitative estimate of drug-likeness (QED) is 0.879. The molecule has 0 bridgehead atoms. The summed E-state index contributed by atoms with van der Waals surface area (Å²) < 4.78 is 0.784. The van der Waals surface area contributed by atoms with Gasteiger partial charge >= 0.3 is 0 Å². The number of aliphatic hydroxyl groups is 1. The molecule has 1 aromatic heterocycles. The molecule has 0 aliphatic heterocycles. The van der Waals surface area contributed by atoms with Gasteiger partial charge < -0.3 is 10.4 Å². The van der Waals surface area contributed by atoms with Gasteiger partial charge in [-0.2, -0.15) is 0 Å². The number of thiophene rings is 1. The number of rotatable bonds is 5. The van der Waals surface area contributed by atoms with Crippen LogP contribution in [0.25, 0.3) is 0 Å². The maximum atomic E-state index is 12.0. The van der Waals surface area contributed by atoms with Crippen LogP contribution in [0.2, 0.25) is 0 Å². The summed E-state index contributed by atoms with van der Waals surface area (Å²) in [5.74, 6) is -0.156. The van der Waals surface area contributed by atoms with Crippen LogP contribution in [0.3, 0.4) is 0 Å². The Bertz CT molecular complexity index is 541. The van der Waals surface area contributed by atoms with Crippen LogP contribution in [0.1, 0.15) is 15.2 Å². The average molecular weight is 340 g/mol. The highest BCUT2D eigenvalue weighted by molar-refractivity contribution is 9.10. The first kappa shape index (κ1) is 14.2. The Morgan fingerprint density at radius 3 is 2.63 bits per heavy atom. The molecule has 2 aromatic rings. The van der Waals surface area contributed by atoms with Gasteiger partial charge in [0.2, 0.25) is 0 Å². The van der Waals surface area contributed by atoms with Crippen LogP contribution in [-0.4, -0.2) is 23.7 Å². The van der Waals surface area contributed by atoms with Crippen LogP contribution in [0.15, 0.2) is 46.3 Å². The van der Waals surface area contributed by atoms with Gasteiger partial charge in [0.1, 0.15) is 4.88 Å². The summed E-state index contributed by atoms with van der Waals surface area (Å²) >= 11 is 4.71. The summed E-state index contributed by atoms with van der Waals surface area (Å²) in [6.07, 6.45) is 0.617. The maximum Gasteiger partial charge on any atom is 0.262 e. The number of aliphatic hydroxyl groups excluding tert-OH is 1. The molecule has 0 radical (unpaired) electrons. The second-order valence-corrected chi connectivity index (χ2v) is 5.91. The number of carbonyl (C=O) groups excluding carboxylic acids is 1. The van der Waals surface area contributed by atoms with E-state index >= 15 is 0 Å². The summed E-state index contributed by atoms with van der Waals surface area (Å²) in [6, 6.07) is 11.4. The standard InChI is InChI=1S/C14H14BrNO2S/c15-12-6-7-19-13(12)14(18)16-11(9-17)8-10-4-2-1-3-5-10/h1-7,11,17H,8-9H2,(H,16,18). The van der Waals surface area contributed by atoms with Crippen molar-refractivity contribution in [3.63, 3.8) is 0 Å². The van der Waals surface area contributed by atoms with Gasteiger partial charge in [0.15, 0.2) is 0 Å². The van der Waals surface area contributed by atoms with Crippen molar-refractivity contribution in [2.75, 3.05) is 6.61 Å². The minimum absolute atomic E-state index is 0.0797. The molecule has 1 atom stereocenters. The topological polar surface area (TPSA) is 49.3 Å². The number of hydrogen-bond donors (Lipinski definition) is 2. The fourth-order valence-electron chi connectivity index (χ4n) is 1.77. The van der Waals surface area contributed by atoms with E-state index in [0.717, 1.165) is 10.0 Å². The molecule has 19 heavy (non-hydrogen) atoms. The maximum absolute atomic E-state index is 12.0. The average Bonchev–Trinajstić information content (AvgIpc) is 2.85. The third-order valence-corrected chi connectivity index (χ3v) is 4.54. The molecule has 1 unspecified atom stereocenters. The van der Waals surface area contributed by atoms with Crippen LogP contribution in [0.5, 0.6) is 0 Å². The smallest absolute Gasteiger partial charge is 0.262 e. The van der Waals surface area contributed by atoms with E-state index in [1.165, 1.54) is 11.3 Å². The Kier molecular flexibility index (Phi) is 5.13. The molecule has 1 amide bonds. The zero-order valence-corrected chi connectivity index (χ0v) is 12.6. The van der Waals surface area contributed by atoms with E-state index in [2.05, 4.69) is 21.2 Å². The lowest BCUT2D eigenvalue weighted by molar-refractivity contribution is 0.0920. The van der Waals surface area contributed by atoms with E-state index in [-0.39, 0.29) is 18.6 Å². The summed E-state index contributed by atoms with van der Waals surface area (Å²) in [5, 5.41) is 14.1. The molecule has 2 N–H and O–H groups in total. The van der Waals surface area contributed by atoms with Crippen molar-refractivity contribution in [3.8, 4) is 0 Å². The first-order chi connectivity index (χ1) is 9.20. The third kappa shape index (κ3) is 3.89. The summed E-state index contributed by atoms with van der Waals surface area (Å²) in [7, 11) is 0. The normalized spacial score (nSPS) is 12.1. The van der Waals surface area contributed by atoms with Crippen molar-refractivity contribution in [2.24, 2.45) is 0 Å². The molecular formula is C14H14BrNO2S. The summed E-state index contributed by atoms with van der Waals surface area (Å²) in [4.78, 5) is 12.7. The molecule has 3 nitrogen and oxygen atoms in total. The van der Waals surface area contributed by atoms with Crippen LogP contribution >= 0.6 is 27.3 Å². The first-order valence-corrected chi connectivity index (χ1v) is 7.56. The number of hydrogen-bond acceptors (Lipinski definition) is 3. The predicted octanol–water partition coefficient (Wildman–Crippen LogP) is 2.84. The van der Waals surface area contributed by atoms with Gasteiger partial charge in [-0.25, -0.2) is 0 Å². The van der Waals surface area contributed by atoms with Gasteiger partial charge in [0.05, 0.1) is 12.6 Å².